The molecule has 1 saturated heterocycles. The van der Waals surface area contributed by atoms with Crippen LogP contribution in [-0.2, 0) is 21.5 Å². The molecule has 1 aromatic carbocycles. The molecule has 1 fully saturated rings. The molecule has 7 heteroatoms. The number of benzene rings is 1. The molecule has 1 spiro atoms. The zero-order valence-electron chi connectivity index (χ0n) is 15.0. The number of fused-ring (bicyclic) bond motifs is 2. The number of anilines is 1. The lowest BCUT2D eigenvalue weighted by molar-refractivity contribution is -0.134. The van der Waals surface area contributed by atoms with Gasteiger partial charge in [0.05, 0.1) is 0 Å². The van der Waals surface area contributed by atoms with Crippen molar-refractivity contribution in [2.75, 3.05) is 11.9 Å². The molecular formula is C20H20N4O3. The summed E-state index contributed by atoms with van der Waals surface area (Å²) in [7, 11) is 0. The van der Waals surface area contributed by atoms with Crippen LogP contribution in [0.3, 0.4) is 0 Å². The number of carbonyl (C=O) groups excluding carboxylic acids is 3. The van der Waals surface area contributed by atoms with Crippen LogP contribution in [0, 0.1) is 6.92 Å². The molecule has 2 heterocycles. The Morgan fingerprint density at radius 3 is 2.85 bits per heavy atom. The van der Waals surface area contributed by atoms with Crippen LogP contribution in [0.4, 0.5) is 10.6 Å². The summed E-state index contributed by atoms with van der Waals surface area (Å²) in [6.07, 6.45) is 3.85. The maximum absolute atomic E-state index is 13.1. The first kappa shape index (κ1) is 17.2. The highest BCUT2D eigenvalue weighted by atomic mass is 16.2. The number of urea groups is 1. The van der Waals surface area contributed by atoms with E-state index >= 15 is 0 Å². The Morgan fingerprint density at radius 1 is 1.26 bits per heavy atom. The Hall–Kier alpha value is -3.22. The summed E-state index contributed by atoms with van der Waals surface area (Å²) in [6.45, 7) is 1.55. The summed E-state index contributed by atoms with van der Waals surface area (Å²) in [5.74, 6) is -0.446. The molecule has 4 rings (SSSR count). The van der Waals surface area contributed by atoms with Gasteiger partial charge >= 0.3 is 6.03 Å². The fraction of sp³-hybridized carbons (Fsp3) is 0.300. The van der Waals surface area contributed by atoms with E-state index in [0.29, 0.717) is 12.2 Å². The third kappa shape index (κ3) is 2.95. The van der Waals surface area contributed by atoms with E-state index in [1.54, 1.807) is 12.3 Å². The van der Waals surface area contributed by atoms with Crippen molar-refractivity contribution in [3.8, 4) is 0 Å². The molecule has 7 nitrogen and oxygen atoms in total. The quantitative estimate of drug-likeness (QED) is 0.816. The molecule has 0 saturated carbocycles. The van der Waals surface area contributed by atoms with Crippen LogP contribution in [0.25, 0.3) is 0 Å². The van der Waals surface area contributed by atoms with Crippen LogP contribution in [0.15, 0.2) is 42.6 Å². The van der Waals surface area contributed by atoms with Crippen LogP contribution in [0.2, 0.25) is 0 Å². The zero-order chi connectivity index (χ0) is 19.0. The van der Waals surface area contributed by atoms with Gasteiger partial charge in [0.15, 0.2) is 0 Å². The van der Waals surface area contributed by atoms with Crippen molar-refractivity contribution in [3.05, 3.63) is 59.3 Å². The average molecular weight is 364 g/mol. The van der Waals surface area contributed by atoms with Crippen LogP contribution >= 0.6 is 0 Å². The molecule has 1 aliphatic carbocycles. The SMILES string of the molecule is Cc1ccc(NC(=O)CN2C(=O)NC3(CCCc4ccccc43)C2=O)nc1. The fourth-order valence-electron chi connectivity index (χ4n) is 3.82. The number of nitrogens with zero attached hydrogens (tertiary/aromatic N) is 2. The maximum Gasteiger partial charge on any atom is 0.325 e. The molecule has 1 aromatic heterocycles. The first-order valence-corrected chi connectivity index (χ1v) is 8.94. The number of carbonyl (C=O) groups is 3. The number of aromatic nitrogens is 1. The molecule has 2 aromatic rings. The number of imide groups is 1. The monoisotopic (exact) mass is 364 g/mol. The molecule has 1 unspecified atom stereocenters. The molecule has 2 aliphatic rings. The van der Waals surface area contributed by atoms with Gasteiger partial charge in [-0.15, -0.1) is 0 Å². The predicted molar refractivity (Wildman–Crippen MR) is 98.9 cm³/mol. The van der Waals surface area contributed by atoms with Gasteiger partial charge in [0, 0.05) is 6.20 Å². The van der Waals surface area contributed by atoms with Gasteiger partial charge in [0.25, 0.3) is 5.91 Å². The van der Waals surface area contributed by atoms with E-state index in [2.05, 4.69) is 15.6 Å². The largest absolute Gasteiger partial charge is 0.325 e. The maximum atomic E-state index is 13.1. The second-order valence-electron chi connectivity index (χ2n) is 7.01. The molecule has 1 atom stereocenters. The Bertz CT molecular complexity index is 925. The highest BCUT2D eigenvalue weighted by molar-refractivity contribution is 6.10. The highest BCUT2D eigenvalue weighted by Gasteiger charge is 2.54. The minimum absolute atomic E-state index is 0.343. The van der Waals surface area contributed by atoms with E-state index < -0.39 is 17.5 Å². The summed E-state index contributed by atoms with van der Waals surface area (Å²) in [5.41, 5.74) is 1.80. The van der Waals surface area contributed by atoms with E-state index in [1.807, 2.05) is 37.3 Å². The topological polar surface area (TPSA) is 91.4 Å². The second kappa shape index (κ2) is 6.50. The normalized spacial score (nSPS) is 21.1. The number of rotatable bonds is 3. The number of pyridine rings is 1. The molecule has 4 amide bonds. The van der Waals surface area contributed by atoms with Gasteiger partial charge in [-0.05, 0) is 48.9 Å². The summed E-state index contributed by atoms with van der Waals surface area (Å²) in [5, 5.41) is 5.47. The van der Waals surface area contributed by atoms with Crippen LogP contribution in [-0.4, -0.2) is 34.3 Å². The fourth-order valence-corrected chi connectivity index (χ4v) is 3.82. The number of aryl methyl sites for hydroxylation is 2. The first-order chi connectivity index (χ1) is 13.0. The molecule has 0 radical (unpaired) electrons. The van der Waals surface area contributed by atoms with Crippen molar-refractivity contribution in [2.45, 2.75) is 31.7 Å². The van der Waals surface area contributed by atoms with E-state index in [1.165, 1.54) is 0 Å². The Morgan fingerprint density at radius 2 is 2.07 bits per heavy atom. The van der Waals surface area contributed by atoms with Gasteiger partial charge in [-0.3, -0.25) is 14.5 Å². The zero-order valence-corrected chi connectivity index (χ0v) is 15.0. The number of hydrogen-bond donors (Lipinski definition) is 2. The van der Waals surface area contributed by atoms with Crippen molar-refractivity contribution in [2.24, 2.45) is 0 Å². The molecule has 2 N–H and O–H groups in total. The van der Waals surface area contributed by atoms with Crippen LogP contribution in [0.1, 0.15) is 29.5 Å². The third-order valence-electron chi connectivity index (χ3n) is 5.13. The lowest BCUT2D eigenvalue weighted by Crippen LogP contribution is -2.47. The Balaban J connectivity index is 1.54. The van der Waals surface area contributed by atoms with E-state index in [9.17, 15) is 14.4 Å². The van der Waals surface area contributed by atoms with Crippen LogP contribution < -0.4 is 10.6 Å². The minimum Gasteiger partial charge on any atom is -0.319 e. The lowest BCUT2D eigenvalue weighted by atomic mass is 9.76. The summed E-state index contributed by atoms with van der Waals surface area (Å²) in [4.78, 5) is 43.1. The summed E-state index contributed by atoms with van der Waals surface area (Å²) < 4.78 is 0. The van der Waals surface area contributed by atoms with Gasteiger partial charge in [-0.25, -0.2) is 9.78 Å². The Labute approximate surface area is 156 Å². The van der Waals surface area contributed by atoms with Gasteiger partial charge in [-0.1, -0.05) is 30.3 Å². The standard InChI is InChI=1S/C20H20N4O3/c1-13-8-9-16(21-11-13)22-17(25)12-24-18(26)20(23-19(24)27)10-4-6-14-5-2-3-7-15(14)20/h2-3,5,7-9,11H,4,6,10,12H2,1H3,(H,23,27)(H,21,22,25). The summed E-state index contributed by atoms with van der Waals surface area (Å²) >= 11 is 0. The average Bonchev–Trinajstić information content (AvgIpc) is 2.89. The molecule has 27 heavy (non-hydrogen) atoms. The van der Waals surface area contributed by atoms with Crippen molar-refractivity contribution in [1.29, 1.82) is 0 Å². The number of amides is 4. The molecular weight excluding hydrogens is 344 g/mol. The van der Waals surface area contributed by atoms with E-state index in [4.69, 9.17) is 0 Å². The van der Waals surface area contributed by atoms with E-state index in [-0.39, 0.29) is 12.5 Å². The van der Waals surface area contributed by atoms with Crippen molar-refractivity contribution >= 4 is 23.7 Å². The Kier molecular flexibility index (Phi) is 4.14. The smallest absolute Gasteiger partial charge is 0.319 e. The molecule has 0 bridgehead atoms. The first-order valence-electron chi connectivity index (χ1n) is 8.94. The molecule has 1 aliphatic heterocycles. The minimum atomic E-state index is -1.06. The van der Waals surface area contributed by atoms with Gasteiger partial charge < -0.3 is 10.6 Å². The van der Waals surface area contributed by atoms with Crippen molar-refractivity contribution < 1.29 is 14.4 Å². The predicted octanol–water partition coefficient (Wildman–Crippen LogP) is 2.11. The van der Waals surface area contributed by atoms with Gasteiger partial charge in [0.1, 0.15) is 17.9 Å². The van der Waals surface area contributed by atoms with Crippen molar-refractivity contribution in [3.63, 3.8) is 0 Å². The second-order valence-corrected chi connectivity index (χ2v) is 7.01. The number of hydrogen-bond acceptors (Lipinski definition) is 4. The number of nitrogens with one attached hydrogen (secondary N) is 2. The molecule has 138 valence electrons. The van der Waals surface area contributed by atoms with Crippen molar-refractivity contribution in [1.82, 2.24) is 15.2 Å². The van der Waals surface area contributed by atoms with E-state index in [0.717, 1.165) is 34.4 Å². The highest BCUT2D eigenvalue weighted by Crippen LogP contribution is 2.39. The third-order valence-corrected chi connectivity index (χ3v) is 5.13. The van der Waals surface area contributed by atoms with Gasteiger partial charge in [-0.2, -0.15) is 0 Å². The summed E-state index contributed by atoms with van der Waals surface area (Å²) in [6, 6.07) is 10.6. The van der Waals surface area contributed by atoms with Crippen LogP contribution in [0.5, 0.6) is 0 Å². The lowest BCUT2D eigenvalue weighted by Gasteiger charge is -2.33. The van der Waals surface area contributed by atoms with Gasteiger partial charge in [0.2, 0.25) is 5.91 Å².